The van der Waals surface area contributed by atoms with Crippen molar-refractivity contribution in [3.63, 3.8) is 0 Å². The Hall–Kier alpha value is -2.62. The van der Waals surface area contributed by atoms with Gasteiger partial charge >= 0.3 is 5.97 Å². The number of carbonyl (C=O) groups excluding carboxylic acids is 1. The Kier molecular flexibility index (Phi) is 6.55. The third-order valence-electron chi connectivity index (χ3n) is 4.02. The number of benzene rings is 1. The van der Waals surface area contributed by atoms with E-state index in [0.717, 1.165) is 38.8 Å². The molecule has 0 unspecified atom stereocenters. The first-order chi connectivity index (χ1) is 11.6. The molecule has 128 valence electrons. The molecular formula is C17H21N3O4. The van der Waals surface area contributed by atoms with E-state index in [9.17, 15) is 14.9 Å². The topological polar surface area (TPSA) is 96.5 Å². The fourth-order valence-corrected chi connectivity index (χ4v) is 2.78. The first kappa shape index (κ1) is 17.7. The van der Waals surface area contributed by atoms with Gasteiger partial charge in [0.15, 0.2) is 0 Å². The molecular weight excluding hydrogens is 310 g/mol. The zero-order valence-electron chi connectivity index (χ0n) is 13.6. The molecule has 0 atom stereocenters. The zero-order valence-corrected chi connectivity index (χ0v) is 13.6. The number of anilines is 1. The molecule has 1 aromatic rings. The highest BCUT2D eigenvalue weighted by molar-refractivity contribution is 5.91. The summed E-state index contributed by atoms with van der Waals surface area (Å²) in [5, 5.41) is 19.9. The van der Waals surface area contributed by atoms with Crippen molar-refractivity contribution in [3.05, 3.63) is 33.9 Å². The Morgan fingerprint density at radius 3 is 2.62 bits per heavy atom. The van der Waals surface area contributed by atoms with Crippen LogP contribution in [0.25, 0.3) is 0 Å². The van der Waals surface area contributed by atoms with Crippen LogP contribution in [0, 0.1) is 21.4 Å². The maximum atomic E-state index is 12.0. The normalized spacial score (nSPS) is 14.5. The number of hydrogen-bond donors (Lipinski definition) is 0. The van der Waals surface area contributed by atoms with Gasteiger partial charge in [-0.3, -0.25) is 10.1 Å². The summed E-state index contributed by atoms with van der Waals surface area (Å²) in [6.45, 7) is 1.71. The van der Waals surface area contributed by atoms with Crippen LogP contribution in [0.4, 0.5) is 11.4 Å². The first-order valence-corrected chi connectivity index (χ1v) is 8.21. The van der Waals surface area contributed by atoms with Crippen molar-refractivity contribution in [3.8, 4) is 6.07 Å². The number of hydrogen-bond acceptors (Lipinski definition) is 6. The quantitative estimate of drug-likeness (QED) is 0.343. The second-order valence-electron chi connectivity index (χ2n) is 5.76. The van der Waals surface area contributed by atoms with Crippen LogP contribution in [-0.4, -0.2) is 30.6 Å². The molecule has 24 heavy (non-hydrogen) atoms. The van der Waals surface area contributed by atoms with Gasteiger partial charge in [0.1, 0.15) is 5.69 Å². The van der Waals surface area contributed by atoms with Crippen molar-refractivity contribution >= 4 is 17.3 Å². The molecule has 1 aliphatic heterocycles. The number of unbranched alkanes of at least 4 members (excludes halogenated alkanes) is 1. The van der Waals surface area contributed by atoms with E-state index in [4.69, 9.17) is 10.00 Å². The van der Waals surface area contributed by atoms with Crippen LogP contribution >= 0.6 is 0 Å². The van der Waals surface area contributed by atoms with Crippen LogP contribution in [0.1, 0.15) is 48.9 Å². The number of carbonyl (C=O) groups is 1. The molecule has 1 aliphatic rings. The summed E-state index contributed by atoms with van der Waals surface area (Å²) in [6.07, 6.45) is 5.06. The number of rotatable bonds is 6. The number of ether oxygens (including phenoxy) is 1. The fraction of sp³-hybridized carbons (Fsp3) is 0.529. The number of nitro groups is 1. The molecule has 0 radical (unpaired) electrons. The number of esters is 1. The minimum atomic E-state index is -0.599. The van der Waals surface area contributed by atoms with Crippen molar-refractivity contribution in [2.24, 2.45) is 0 Å². The lowest BCUT2D eigenvalue weighted by Crippen LogP contribution is -2.24. The SMILES string of the molecule is N#CCCCOC(=O)c1ccc(N2CCCCCC2)c([N+](=O)[O-])c1. The third kappa shape index (κ3) is 4.69. The summed E-state index contributed by atoms with van der Waals surface area (Å²) in [6, 6.07) is 6.46. The highest BCUT2D eigenvalue weighted by Crippen LogP contribution is 2.31. The van der Waals surface area contributed by atoms with Gasteiger partial charge in [0.2, 0.25) is 0 Å². The molecule has 2 rings (SSSR count). The molecule has 0 amide bonds. The standard InChI is InChI=1S/C17H21N3O4/c18-9-3-6-12-24-17(21)14-7-8-15(16(13-14)20(22)23)19-10-4-1-2-5-11-19/h7-8,13H,1-6,10-12H2. The summed E-state index contributed by atoms with van der Waals surface area (Å²) < 4.78 is 5.04. The fourth-order valence-electron chi connectivity index (χ4n) is 2.78. The van der Waals surface area contributed by atoms with E-state index >= 15 is 0 Å². The smallest absolute Gasteiger partial charge is 0.338 e. The van der Waals surface area contributed by atoms with Gasteiger partial charge in [0, 0.05) is 25.6 Å². The van der Waals surface area contributed by atoms with Crippen LogP contribution in [0.5, 0.6) is 0 Å². The third-order valence-corrected chi connectivity index (χ3v) is 4.02. The van der Waals surface area contributed by atoms with E-state index in [0.29, 0.717) is 18.5 Å². The summed E-state index contributed by atoms with van der Waals surface area (Å²) in [4.78, 5) is 25.0. The van der Waals surface area contributed by atoms with E-state index in [1.165, 1.54) is 6.07 Å². The molecule has 0 spiro atoms. The number of nitrogens with zero attached hydrogens (tertiary/aromatic N) is 3. The number of nitriles is 1. The summed E-state index contributed by atoms with van der Waals surface area (Å²) in [5.41, 5.74) is 0.656. The molecule has 0 aromatic heterocycles. The lowest BCUT2D eigenvalue weighted by molar-refractivity contribution is -0.384. The Bertz CT molecular complexity index is 631. The lowest BCUT2D eigenvalue weighted by atomic mass is 10.1. The molecule has 0 N–H and O–H groups in total. The van der Waals surface area contributed by atoms with Gasteiger partial charge in [-0.15, -0.1) is 0 Å². The van der Waals surface area contributed by atoms with Crippen LogP contribution in [-0.2, 0) is 4.74 Å². The Morgan fingerprint density at radius 1 is 1.29 bits per heavy atom. The van der Waals surface area contributed by atoms with Gasteiger partial charge < -0.3 is 9.64 Å². The average molecular weight is 331 g/mol. The van der Waals surface area contributed by atoms with Crippen molar-refractivity contribution in [1.29, 1.82) is 5.26 Å². The molecule has 1 heterocycles. The highest BCUT2D eigenvalue weighted by Gasteiger charge is 2.23. The molecule has 1 fully saturated rings. The van der Waals surface area contributed by atoms with Gasteiger partial charge in [0.25, 0.3) is 5.69 Å². The molecule has 0 aliphatic carbocycles. The van der Waals surface area contributed by atoms with Gasteiger partial charge in [0.05, 0.1) is 23.2 Å². The van der Waals surface area contributed by atoms with Crippen LogP contribution < -0.4 is 4.90 Å². The zero-order chi connectivity index (χ0) is 17.4. The molecule has 0 saturated carbocycles. The van der Waals surface area contributed by atoms with Crippen LogP contribution in [0.15, 0.2) is 18.2 Å². The second kappa shape index (κ2) is 8.87. The van der Waals surface area contributed by atoms with E-state index in [1.807, 2.05) is 11.0 Å². The van der Waals surface area contributed by atoms with Crippen molar-refractivity contribution in [2.45, 2.75) is 38.5 Å². The highest BCUT2D eigenvalue weighted by atomic mass is 16.6. The maximum Gasteiger partial charge on any atom is 0.338 e. The van der Waals surface area contributed by atoms with Crippen LogP contribution in [0.2, 0.25) is 0 Å². The van der Waals surface area contributed by atoms with Crippen LogP contribution in [0.3, 0.4) is 0 Å². The van der Waals surface area contributed by atoms with Crippen molar-refractivity contribution in [2.75, 3.05) is 24.6 Å². The summed E-state index contributed by atoms with van der Waals surface area (Å²) >= 11 is 0. The largest absolute Gasteiger partial charge is 0.462 e. The summed E-state index contributed by atoms with van der Waals surface area (Å²) in [7, 11) is 0. The van der Waals surface area contributed by atoms with Gasteiger partial charge in [-0.25, -0.2) is 4.79 Å². The van der Waals surface area contributed by atoms with E-state index in [2.05, 4.69) is 0 Å². The minimum Gasteiger partial charge on any atom is -0.462 e. The predicted molar refractivity (Wildman–Crippen MR) is 88.9 cm³/mol. The Labute approximate surface area is 141 Å². The van der Waals surface area contributed by atoms with Crippen molar-refractivity contribution in [1.82, 2.24) is 0 Å². The van der Waals surface area contributed by atoms with Gasteiger partial charge in [-0.05, 0) is 31.4 Å². The molecule has 7 nitrogen and oxygen atoms in total. The second-order valence-corrected chi connectivity index (χ2v) is 5.76. The molecule has 7 heteroatoms. The van der Waals surface area contributed by atoms with E-state index in [-0.39, 0.29) is 17.9 Å². The monoisotopic (exact) mass is 331 g/mol. The molecule has 1 aromatic carbocycles. The van der Waals surface area contributed by atoms with Gasteiger partial charge in [-0.1, -0.05) is 12.8 Å². The average Bonchev–Trinajstić information content (AvgIpc) is 2.87. The van der Waals surface area contributed by atoms with Crippen molar-refractivity contribution < 1.29 is 14.5 Å². The summed E-state index contributed by atoms with van der Waals surface area (Å²) in [5.74, 6) is -0.599. The number of nitro benzene ring substituents is 1. The maximum absolute atomic E-state index is 12.0. The predicted octanol–water partition coefficient (Wildman–Crippen LogP) is 3.44. The Morgan fingerprint density at radius 2 is 2.00 bits per heavy atom. The molecule has 1 saturated heterocycles. The minimum absolute atomic E-state index is 0.0663. The first-order valence-electron chi connectivity index (χ1n) is 8.21. The van der Waals surface area contributed by atoms with E-state index < -0.39 is 10.9 Å². The molecule has 0 bridgehead atoms. The van der Waals surface area contributed by atoms with E-state index in [1.54, 1.807) is 12.1 Å². The Balaban J connectivity index is 2.15. The lowest BCUT2D eigenvalue weighted by Gasteiger charge is -2.22. The van der Waals surface area contributed by atoms with Gasteiger partial charge in [-0.2, -0.15) is 5.26 Å².